The molecule has 0 amide bonds. The number of hydrogen-bond acceptors (Lipinski definition) is 4. The van der Waals surface area contributed by atoms with Crippen LogP contribution in [0.4, 0.5) is 21.8 Å². The van der Waals surface area contributed by atoms with Crippen LogP contribution in [0.15, 0.2) is 24.4 Å². The summed E-state index contributed by atoms with van der Waals surface area (Å²) in [6.07, 6.45) is 1.67. The van der Waals surface area contributed by atoms with Gasteiger partial charge in [0.1, 0.15) is 11.6 Å². The van der Waals surface area contributed by atoms with Crippen LogP contribution >= 0.6 is 11.6 Å². The van der Waals surface area contributed by atoms with Crippen molar-refractivity contribution >= 4 is 29.1 Å². The van der Waals surface area contributed by atoms with E-state index in [1.54, 1.807) is 18.3 Å². The third-order valence-corrected chi connectivity index (χ3v) is 2.83. The van der Waals surface area contributed by atoms with Crippen LogP contribution in [0.25, 0.3) is 0 Å². The van der Waals surface area contributed by atoms with E-state index in [4.69, 9.17) is 11.6 Å². The van der Waals surface area contributed by atoms with Gasteiger partial charge >= 0.3 is 0 Å². The fourth-order valence-corrected chi connectivity index (χ4v) is 1.76. The lowest BCUT2D eigenvalue weighted by atomic mass is 10.3. The third kappa shape index (κ3) is 3.12. The highest BCUT2D eigenvalue weighted by atomic mass is 35.5. The Morgan fingerprint density at radius 2 is 2.16 bits per heavy atom. The summed E-state index contributed by atoms with van der Waals surface area (Å²) in [7, 11) is 0. The van der Waals surface area contributed by atoms with Crippen molar-refractivity contribution in [3.05, 3.63) is 40.8 Å². The van der Waals surface area contributed by atoms with Gasteiger partial charge in [-0.25, -0.2) is 9.37 Å². The Bertz CT molecular complexity index is 569. The van der Waals surface area contributed by atoms with E-state index in [1.807, 2.05) is 13.8 Å². The van der Waals surface area contributed by atoms with E-state index in [0.29, 0.717) is 23.3 Å². The molecule has 0 spiro atoms. The average molecular weight is 281 g/mol. The summed E-state index contributed by atoms with van der Waals surface area (Å²) in [5.41, 5.74) is 1.02. The highest BCUT2D eigenvalue weighted by Crippen LogP contribution is 2.28. The molecule has 19 heavy (non-hydrogen) atoms. The monoisotopic (exact) mass is 280 g/mol. The molecule has 0 radical (unpaired) electrons. The Hall–Kier alpha value is -1.88. The summed E-state index contributed by atoms with van der Waals surface area (Å²) in [6.45, 7) is 4.50. The topological polar surface area (TPSA) is 49.8 Å². The molecular weight excluding hydrogens is 267 g/mol. The predicted octanol–water partition coefficient (Wildman–Crippen LogP) is 3.75. The van der Waals surface area contributed by atoms with E-state index in [0.717, 1.165) is 5.56 Å². The maximum absolute atomic E-state index is 13.7. The van der Waals surface area contributed by atoms with Crippen molar-refractivity contribution < 1.29 is 4.39 Å². The second kappa shape index (κ2) is 5.84. The van der Waals surface area contributed by atoms with Crippen molar-refractivity contribution in [2.24, 2.45) is 0 Å². The molecule has 0 aliphatic rings. The number of hydrogen-bond donors (Lipinski definition) is 2. The zero-order valence-electron chi connectivity index (χ0n) is 10.7. The number of benzene rings is 1. The van der Waals surface area contributed by atoms with Crippen molar-refractivity contribution in [2.45, 2.75) is 13.8 Å². The summed E-state index contributed by atoms with van der Waals surface area (Å²) in [4.78, 5) is 8.41. The van der Waals surface area contributed by atoms with Gasteiger partial charge in [0.25, 0.3) is 0 Å². The quantitative estimate of drug-likeness (QED) is 0.895. The van der Waals surface area contributed by atoms with Crippen molar-refractivity contribution in [1.29, 1.82) is 0 Å². The van der Waals surface area contributed by atoms with Gasteiger partial charge in [0.2, 0.25) is 5.95 Å². The maximum Gasteiger partial charge on any atom is 0.224 e. The van der Waals surface area contributed by atoms with Gasteiger partial charge in [-0.2, -0.15) is 4.98 Å². The van der Waals surface area contributed by atoms with E-state index in [-0.39, 0.29) is 5.69 Å². The summed E-state index contributed by atoms with van der Waals surface area (Å²) < 4.78 is 13.7. The molecular formula is C13H14ClFN4. The molecule has 2 aromatic rings. The van der Waals surface area contributed by atoms with Crippen LogP contribution in [0.2, 0.25) is 5.02 Å². The van der Waals surface area contributed by atoms with Gasteiger partial charge in [-0.15, -0.1) is 0 Å². The lowest BCUT2D eigenvalue weighted by Crippen LogP contribution is -2.06. The van der Waals surface area contributed by atoms with Crippen LogP contribution in [-0.4, -0.2) is 16.5 Å². The second-order valence-electron chi connectivity index (χ2n) is 3.98. The average Bonchev–Trinajstić information content (AvgIpc) is 2.38. The lowest BCUT2D eigenvalue weighted by Gasteiger charge is -2.12. The smallest absolute Gasteiger partial charge is 0.224 e. The van der Waals surface area contributed by atoms with Crippen molar-refractivity contribution in [2.75, 3.05) is 17.2 Å². The van der Waals surface area contributed by atoms with Gasteiger partial charge in [-0.1, -0.05) is 17.7 Å². The van der Waals surface area contributed by atoms with E-state index in [2.05, 4.69) is 20.6 Å². The molecule has 2 N–H and O–H groups in total. The van der Waals surface area contributed by atoms with Crippen molar-refractivity contribution in [1.82, 2.24) is 9.97 Å². The van der Waals surface area contributed by atoms with Crippen molar-refractivity contribution in [3.8, 4) is 0 Å². The van der Waals surface area contributed by atoms with Crippen LogP contribution in [0, 0.1) is 12.7 Å². The van der Waals surface area contributed by atoms with Gasteiger partial charge in [-0.05, 0) is 26.0 Å². The van der Waals surface area contributed by atoms with Crippen LogP contribution in [0.1, 0.15) is 12.5 Å². The molecule has 0 aliphatic heterocycles. The molecule has 2 rings (SSSR count). The van der Waals surface area contributed by atoms with E-state index < -0.39 is 5.82 Å². The molecule has 0 bridgehead atoms. The minimum atomic E-state index is -0.421. The highest BCUT2D eigenvalue weighted by Gasteiger charge is 2.10. The summed E-state index contributed by atoms with van der Waals surface area (Å²) in [5, 5.41) is 6.22. The summed E-state index contributed by atoms with van der Waals surface area (Å²) >= 11 is 5.97. The zero-order valence-corrected chi connectivity index (χ0v) is 11.4. The van der Waals surface area contributed by atoms with Gasteiger partial charge < -0.3 is 10.6 Å². The number of aromatic nitrogens is 2. The molecule has 6 heteroatoms. The van der Waals surface area contributed by atoms with Crippen LogP contribution in [-0.2, 0) is 0 Å². The normalized spacial score (nSPS) is 10.3. The Morgan fingerprint density at radius 3 is 2.84 bits per heavy atom. The van der Waals surface area contributed by atoms with E-state index >= 15 is 0 Å². The molecule has 0 saturated heterocycles. The maximum atomic E-state index is 13.7. The number of halogens is 2. The van der Waals surface area contributed by atoms with E-state index in [9.17, 15) is 4.39 Å². The zero-order chi connectivity index (χ0) is 13.8. The van der Waals surface area contributed by atoms with Gasteiger partial charge in [0.15, 0.2) is 0 Å². The number of rotatable bonds is 4. The number of aryl methyl sites for hydroxylation is 1. The SMILES string of the molecule is CCNc1ncc(C)c(Nc2c(F)cccc2Cl)n1. The molecule has 0 fully saturated rings. The fraction of sp³-hybridized carbons (Fsp3) is 0.231. The number of nitrogens with zero attached hydrogens (tertiary/aromatic N) is 2. The molecule has 4 nitrogen and oxygen atoms in total. The molecule has 1 aromatic heterocycles. The molecule has 0 aliphatic carbocycles. The van der Waals surface area contributed by atoms with Crippen molar-refractivity contribution in [3.63, 3.8) is 0 Å². The largest absolute Gasteiger partial charge is 0.354 e. The molecule has 1 aromatic carbocycles. The first-order chi connectivity index (χ1) is 9.11. The van der Waals surface area contributed by atoms with Crippen LogP contribution < -0.4 is 10.6 Å². The Morgan fingerprint density at radius 1 is 1.37 bits per heavy atom. The fourth-order valence-electron chi connectivity index (χ4n) is 1.55. The van der Waals surface area contributed by atoms with Crippen LogP contribution in [0.3, 0.4) is 0 Å². The minimum absolute atomic E-state index is 0.216. The molecule has 0 unspecified atom stereocenters. The molecule has 0 atom stereocenters. The number of nitrogens with one attached hydrogen (secondary N) is 2. The Labute approximate surface area is 116 Å². The van der Waals surface area contributed by atoms with Gasteiger partial charge in [-0.3, -0.25) is 0 Å². The highest BCUT2D eigenvalue weighted by molar-refractivity contribution is 6.33. The standard InChI is InChI=1S/C13H14ClFN4/c1-3-16-13-17-7-8(2)12(19-13)18-11-9(14)5-4-6-10(11)15/h4-7H,3H2,1-2H3,(H2,16,17,18,19). The summed E-state index contributed by atoms with van der Waals surface area (Å²) in [6, 6.07) is 4.52. The molecule has 100 valence electrons. The summed E-state index contributed by atoms with van der Waals surface area (Å²) in [5.74, 6) is 0.594. The molecule has 1 heterocycles. The first-order valence-corrected chi connectivity index (χ1v) is 6.28. The minimum Gasteiger partial charge on any atom is -0.354 e. The van der Waals surface area contributed by atoms with Crippen LogP contribution in [0.5, 0.6) is 0 Å². The number of anilines is 3. The Balaban J connectivity index is 2.35. The van der Waals surface area contributed by atoms with Gasteiger partial charge in [0.05, 0.1) is 10.7 Å². The molecule has 0 saturated carbocycles. The van der Waals surface area contributed by atoms with E-state index in [1.165, 1.54) is 6.07 Å². The lowest BCUT2D eigenvalue weighted by molar-refractivity contribution is 0.632. The van der Waals surface area contributed by atoms with Gasteiger partial charge in [0, 0.05) is 18.3 Å². The number of para-hydroxylation sites is 1. The first kappa shape index (κ1) is 13.5. The predicted molar refractivity (Wildman–Crippen MR) is 75.6 cm³/mol. The Kier molecular flexibility index (Phi) is 4.16. The first-order valence-electron chi connectivity index (χ1n) is 5.90. The second-order valence-corrected chi connectivity index (χ2v) is 4.38. The third-order valence-electron chi connectivity index (χ3n) is 2.51.